The van der Waals surface area contributed by atoms with Gasteiger partial charge in [-0.15, -0.1) is 0 Å². The van der Waals surface area contributed by atoms with E-state index >= 15 is 0 Å². The first-order valence-corrected chi connectivity index (χ1v) is 11.1. The van der Waals surface area contributed by atoms with Gasteiger partial charge >= 0.3 is 0 Å². The summed E-state index contributed by atoms with van der Waals surface area (Å²) in [5, 5.41) is 9.44. The number of piperidine rings is 1. The summed E-state index contributed by atoms with van der Waals surface area (Å²) in [5.74, 6) is -0.483. The third-order valence-electron chi connectivity index (χ3n) is 6.06. The van der Waals surface area contributed by atoms with Gasteiger partial charge in [0.05, 0.1) is 29.0 Å². The Morgan fingerprint density at radius 2 is 1.94 bits per heavy atom. The van der Waals surface area contributed by atoms with Crippen LogP contribution in [0.2, 0.25) is 10.0 Å². The first kappa shape index (κ1) is 20.5. The van der Waals surface area contributed by atoms with Crippen LogP contribution in [0.3, 0.4) is 0 Å². The molecule has 1 fully saturated rings. The normalized spacial score (nSPS) is 16.1. The minimum Gasteiger partial charge on any atom is -0.325 e. The summed E-state index contributed by atoms with van der Waals surface area (Å²) in [6, 6.07) is 8.98. The second-order valence-electron chi connectivity index (χ2n) is 7.96. The lowest BCUT2D eigenvalue weighted by atomic mass is 10.1. The van der Waals surface area contributed by atoms with Crippen molar-refractivity contribution in [2.24, 2.45) is 0 Å². The average molecular weight is 458 g/mol. The first-order valence-electron chi connectivity index (χ1n) is 10.4. The van der Waals surface area contributed by atoms with Crippen molar-refractivity contribution in [1.82, 2.24) is 24.6 Å². The van der Waals surface area contributed by atoms with E-state index in [9.17, 15) is 4.39 Å². The molecule has 1 aromatic carbocycles. The molecule has 0 aliphatic carbocycles. The highest BCUT2D eigenvalue weighted by Gasteiger charge is 2.21. The number of halogens is 3. The zero-order chi connectivity index (χ0) is 21.5. The summed E-state index contributed by atoms with van der Waals surface area (Å²) < 4.78 is 18.1. The SMILES string of the molecule is C[C@H](c1c(Cl)ccc(F)c1Cl)n1ccc2ccc(-c3cnn(C4CCNCC4)c3)nc21. The predicted molar refractivity (Wildman–Crippen MR) is 122 cm³/mol. The van der Waals surface area contributed by atoms with Crippen LogP contribution in [0.15, 0.2) is 48.9 Å². The Morgan fingerprint density at radius 1 is 1.13 bits per heavy atom. The molecule has 31 heavy (non-hydrogen) atoms. The zero-order valence-electron chi connectivity index (χ0n) is 17.0. The summed E-state index contributed by atoms with van der Waals surface area (Å²) >= 11 is 12.6. The lowest BCUT2D eigenvalue weighted by Crippen LogP contribution is -2.29. The van der Waals surface area contributed by atoms with E-state index in [2.05, 4.69) is 21.3 Å². The lowest BCUT2D eigenvalue weighted by Gasteiger charge is -2.22. The smallest absolute Gasteiger partial charge is 0.142 e. The van der Waals surface area contributed by atoms with Crippen molar-refractivity contribution < 1.29 is 4.39 Å². The van der Waals surface area contributed by atoms with Gasteiger partial charge in [0.2, 0.25) is 0 Å². The van der Waals surface area contributed by atoms with Crippen LogP contribution in [0.25, 0.3) is 22.3 Å². The van der Waals surface area contributed by atoms with Gasteiger partial charge in [0.1, 0.15) is 11.5 Å². The minimum absolute atomic E-state index is 0.0428. The Morgan fingerprint density at radius 3 is 2.74 bits per heavy atom. The van der Waals surface area contributed by atoms with E-state index in [4.69, 9.17) is 28.2 Å². The van der Waals surface area contributed by atoms with Gasteiger partial charge in [-0.3, -0.25) is 4.68 Å². The lowest BCUT2D eigenvalue weighted by molar-refractivity contribution is 0.343. The van der Waals surface area contributed by atoms with E-state index in [-0.39, 0.29) is 11.1 Å². The predicted octanol–water partition coefficient (Wildman–Crippen LogP) is 5.88. The molecule has 4 heterocycles. The minimum atomic E-state index is -0.483. The largest absolute Gasteiger partial charge is 0.325 e. The van der Waals surface area contributed by atoms with Crippen LogP contribution in [-0.4, -0.2) is 32.4 Å². The molecular formula is C23H22Cl2FN5. The monoisotopic (exact) mass is 457 g/mol. The summed E-state index contributed by atoms with van der Waals surface area (Å²) in [7, 11) is 0. The maximum atomic E-state index is 14.1. The molecule has 4 aromatic rings. The highest BCUT2D eigenvalue weighted by Crippen LogP contribution is 2.36. The molecule has 1 atom stereocenters. The number of nitrogens with one attached hydrogen (secondary N) is 1. The number of pyridine rings is 1. The van der Waals surface area contributed by atoms with Gasteiger partial charge in [-0.1, -0.05) is 23.2 Å². The third-order valence-corrected chi connectivity index (χ3v) is 6.77. The molecule has 3 aromatic heterocycles. The maximum Gasteiger partial charge on any atom is 0.142 e. The van der Waals surface area contributed by atoms with Crippen molar-refractivity contribution in [3.63, 3.8) is 0 Å². The molecule has 1 aliphatic heterocycles. The third kappa shape index (κ3) is 3.73. The Labute approximate surface area is 189 Å². The average Bonchev–Trinajstić information content (AvgIpc) is 3.44. The molecule has 160 valence electrons. The molecule has 0 amide bonds. The van der Waals surface area contributed by atoms with Gasteiger partial charge < -0.3 is 9.88 Å². The van der Waals surface area contributed by atoms with E-state index in [1.54, 1.807) is 0 Å². The number of nitrogens with zero attached hydrogens (tertiary/aromatic N) is 4. The number of fused-ring (bicyclic) bond motifs is 1. The molecule has 1 aliphatic rings. The van der Waals surface area contributed by atoms with Crippen molar-refractivity contribution in [3.05, 3.63) is 70.3 Å². The van der Waals surface area contributed by atoms with Gasteiger partial charge in [-0.25, -0.2) is 9.37 Å². The molecule has 8 heteroatoms. The summed E-state index contributed by atoms with van der Waals surface area (Å²) in [4.78, 5) is 4.91. The summed E-state index contributed by atoms with van der Waals surface area (Å²) in [5.41, 5.74) is 3.15. The molecule has 5 rings (SSSR count). The van der Waals surface area contributed by atoms with E-state index < -0.39 is 5.82 Å². The number of hydrogen-bond donors (Lipinski definition) is 1. The van der Waals surface area contributed by atoms with E-state index in [0.717, 1.165) is 48.2 Å². The molecule has 0 spiro atoms. The van der Waals surface area contributed by atoms with Crippen LogP contribution in [-0.2, 0) is 0 Å². The van der Waals surface area contributed by atoms with E-state index in [1.807, 2.05) is 42.1 Å². The molecule has 1 saturated heterocycles. The van der Waals surface area contributed by atoms with Crippen molar-refractivity contribution >= 4 is 34.2 Å². The molecule has 1 N–H and O–H groups in total. The molecule has 0 radical (unpaired) electrons. The molecular weight excluding hydrogens is 436 g/mol. The number of aromatic nitrogens is 4. The van der Waals surface area contributed by atoms with Gasteiger partial charge in [0, 0.05) is 33.9 Å². The van der Waals surface area contributed by atoms with E-state index in [1.165, 1.54) is 12.1 Å². The van der Waals surface area contributed by atoms with Crippen LogP contribution in [0.4, 0.5) is 4.39 Å². The summed E-state index contributed by atoms with van der Waals surface area (Å²) in [6.45, 7) is 3.97. The second-order valence-corrected chi connectivity index (χ2v) is 8.74. The zero-order valence-corrected chi connectivity index (χ0v) is 18.5. The molecule has 5 nitrogen and oxygen atoms in total. The highest BCUT2D eigenvalue weighted by molar-refractivity contribution is 6.36. The topological polar surface area (TPSA) is 47.7 Å². The van der Waals surface area contributed by atoms with Crippen molar-refractivity contribution in [1.29, 1.82) is 0 Å². The molecule has 0 saturated carbocycles. The van der Waals surface area contributed by atoms with Gasteiger partial charge in [0.15, 0.2) is 0 Å². The highest BCUT2D eigenvalue weighted by atomic mass is 35.5. The van der Waals surface area contributed by atoms with Gasteiger partial charge in [-0.05, 0) is 63.2 Å². The molecule has 0 bridgehead atoms. The Bertz CT molecular complexity index is 1240. The number of hydrogen-bond acceptors (Lipinski definition) is 3. The Balaban J connectivity index is 1.52. The van der Waals surface area contributed by atoms with Crippen LogP contribution in [0, 0.1) is 5.82 Å². The maximum absolute atomic E-state index is 14.1. The number of benzene rings is 1. The van der Waals surface area contributed by atoms with Gasteiger partial charge in [-0.2, -0.15) is 5.10 Å². The van der Waals surface area contributed by atoms with Crippen molar-refractivity contribution in [3.8, 4) is 11.3 Å². The van der Waals surface area contributed by atoms with E-state index in [0.29, 0.717) is 16.6 Å². The Kier molecular flexibility index (Phi) is 5.46. The van der Waals surface area contributed by atoms with Crippen molar-refractivity contribution in [2.45, 2.75) is 31.8 Å². The van der Waals surface area contributed by atoms with Gasteiger partial charge in [0.25, 0.3) is 0 Å². The second kappa shape index (κ2) is 8.26. The van der Waals surface area contributed by atoms with Crippen LogP contribution in [0.1, 0.15) is 37.4 Å². The standard InChI is InChI=1S/C23H22Cl2FN5/c1-14(21-18(24)3-4-19(26)22(21)25)30-11-8-15-2-5-20(29-23(15)30)16-12-28-31(13-16)17-6-9-27-10-7-17/h2-5,8,11-14,17,27H,6-7,9-10H2,1H3/t14-/m1/s1. The fourth-order valence-electron chi connectivity index (χ4n) is 4.31. The fraction of sp³-hybridized carbons (Fsp3) is 0.304. The first-order chi connectivity index (χ1) is 15.0. The van der Waals surface area contributed by atoms with Crippen LogP contribution < -0.4 is 5.32 Å². The van der Waals surface area contributed by atoms with Crippen LogP contribution in [0.5, 0.6) is 0 Å². The van der Waals surface area contributed by atoms with Crippen molar-refractivity contribution in [2.75, 3.05) is 13.1 Å². The fourth-order valence-corrected chi connectivity index (χ4v) is 4.99. The number of rotatable bonds is 4. The summed E-state index contributed by atoms with van der Waals surface area (Å²) in [6.07, 6.45) is 8.02. The molecule has 0 unspecified atom stereocenters. The van der Waals surface area contributed by atoms with Crippen LogP contribution >= 0.6 is 23.2 Å². The Hall–Kier alpha value is -2.41. The quantitative estimate of drug-likeness (QED) is 0.389.